The maximum atomic E-state index is 11.7. The summed E-state index contributed by atoms with van der Waals surface area (Å²) in [6.07, 6.45) is 0. The maximum absolute atomic E-state index is 11.7. The van der Waals surface area contributed by atoms with Gasteiger partial charge in [0.05, 0.1) is 0 Å². The number of halogens is 1. The molecule has 1 unspecified atom stereocenters. The van der Waals surface area contributed by atoms with E-state index in [-0.39, 0.29) is 6.54 Å². The lowest BCUT2D eigenvalue weighted by molar-refractivity contribution is -0.132. The van der Waals surface area contributed by atoms with Crippen molar-refractivity contribution in [2.24, 2.45) is 11.7 Å². The Bertz CT molecular complexity index is 515. The monoisotopic (exact) mass is 267 g/mol. The molecule has 1 heterocycles. The molecule has 4 amide bonds. The van der Waals surface area contributed by atoms with Crippen LogP contribution in [0.4, 0.5) is 10.5 Å². The molecule has 1 fully saturated rings. The van der Waals surface area contributed by atoms with Crippen LogP contribution < -0.4 is 16.0 Å². The summed E-state index contributed by atoms with van der Waals surface area (Å²) >= 11 is 5.74. The van der Waals surface area contributed by atoms with E-state index < -0.39 is 23.8 Å². The van der Waals surface area contributed by atoms with Gasteiger partial charge in [0.2, 0.25) is 11.8 Å². The Hall–Kier alpha value is -2.08. The fraction of sp³-hybridized carbons (Fsp3) is 0.182. The minimum atomic E-state index is -1.04. The van der Waals surface area contributed by atoms with Gasteiger partial charge in [-0.05, 0) is 24.3 Å². The Labute approximate surface area is 108 Å². The van der Waals surface area contributed by atoms with Crippen LogP contribution in [0.15, 0.2) is 24.3 Å². The summed E-state index contributed by atoms with van der Waals surface area (Å²) in [5, 5.41) is 2.61. The second-order valence-corrected chi connectivity index (χ2v) is 4.27. The number of nitrogens with one attached hydrogen (secondary N) is 1. The minimum absolute atomic E-state index is 0.0678. The van der Waals surface area contributed by atoms with Gasteiger partial charge in [-0.3, -0.25) is 19.8 Å². The normalized spacial score (nSPS) is 19.6. The van der Waals surface area contributed by atoms with Gasteiger partial charge in [0, 0.05) is 17.3 Å². The highest BCUT2D eigenvalue weighted by Gasteiger charge is 2.36. The van der Waals surface area contributed by atoms with Crippen molar-refractivity contribution in [3.05, 3.63) is 29.3 Å². The molecule has 0 aliphatic carbocycles. The van der Waals surface area contributed by atoms with Crippen LogP contribution in [0, 0.1) is 5.92 Å². The molecular weight excluding hydrogens is 258 g/mol. The number of nitrogens with two attached hydrogens (primary N) is 1. The predicted molar refractivity (Wildman–Crippen MR) is 65.0 cm³/mol. The number of primary amides is 1. The fourth-order valence-electron chi connectivity index (χ4n) is 1.67. The maximum Gasteiger partial charge on any atom is 0.328 e. The Morgan fingerprint density at radius 2 is 1.94 bits per heavy atom. The molecule has 1 saturated heterocycles. The summed E-state index contributed by atoms with van der Waals surface area (Å²) in [5.41, 5.74) is 5.65. The highest BCUT2D eigenvalue weighted by Crippen LogP contribution is 2.21. The number of hydrogen-bond acceptors (Lipinski definition) is 3. The van der Waals surface area contributed by atoms with Crippen molar-refractivity contribution in [3.63, 3.8) is 0 Å². The Morgan fingerprint density at radius 3 is 2.50 bits per heavy atom. The lowest BCUT2D eigenvalue weighted by atomic mass is 10.1. The number of imide groups is 1. The van der Waals surface area contributed by atoms with E-state index in [1.165, 1.54) is 4.90 Å². The highest BCUT2D eigenvalue weighted by atomic mass is 35.5. The van der Waals surface area contributed by atoms with Gasteiger partial charge in [0.25, 0.3) is 0 Å². The third-order valence-electron chi connectivity index (χ3n) is 2.64. The zero-order valence-electron chi connectivity index (χ0n) is 9.22. The molecule has 6 nitrogen and oxygen atoms in total. The van der Waals surface area contributed by atoms with E-state index in [0.29, 0.717) is 10.7 Å². The number of urea groups is 1. The first-order valence-corrected chi connectivity index (χ1v) is 5.54. The molecule has 0 spiro atoms. The SMILES string of the molecule is NC(=O)C1CN(c2ccc(Cl)cc2)C(=O)NC1=O. The lowest BCUT2D eigenvalue weighted by Gasteiger charge is -2.30. The Balaban J connectivity index is 2.27. The third-order valence-corrected chi connectivity index (χ3v) is 2.89. The summed E-state index contributed by atoms with van der Waals surface area (Å²) < 4.78 is 0. The molecule has 0 aromatic heterocycles. The number of rotatable bonds is 2. The van der Waals surface area contributed by atoms with Crippen molar-refractivity contribution in [2.45, 2.75) is 0 Å². The second-order valence-electron chi connectivity index (χ2n) is 3.84. The van der Waals surface area contributed by atoms with E-state index >= 15 is 0 Å². The fourth-order valence-corrected chi connectivity index (χ4v) is 1.80. The van der Waals surface area contributed by atoms with Crippen LogP contribution in [0.3, 0.4) is 0 Å². The van der Waals surface area contributed by atoms with Gasteiger partial charge in [-0.2, -0.15) is 0 Å². The van der Waals surface area contributed by atoms with E-state index in [4.69, 9.17) is 17.3 Å². The van der Waals surface area contributed by atoms with Crippen molar-refractivity contribution >= 4 is 35.1 Å². The first-order valence-electron chi connectivity index (χ1n) is 5.16. The highest BCUT2D eigenvalue weighted by molar-refractivity contribution is 6.30. The molecular formula is C11H10ClN3O3. The molecule has 18 heavy (non-hydrogen) atoms. The minimum Gasteiger partial charge on any atom is -0.369 e. The van der Waals surface area contributed by atoms with Gasteiger partial charge in [0.1, 0.15) is 5.92 Å². The lowest BCUT2D eigenvalue weighted by Crippen LogP contribution is -2.57. The van der Waals surface area contributed by atoms with E-state index in [1.807, 2.05) is 0 Å². The zero-order valence-corrected chi connectivity index (χ0v) is 9.98. The van der Waals surface area contributed by atoms with Gasteiger partial charge in [0.15, 0.2) is 0 Å². The van der Waals surface area contributed by atoms with Crippen LogP contribution in [0.25, 0.3) is 0 Å². The van der Waals surface area contributed by atoms with E-state index in [0.717, 1.165) is 0 Å². The number of carbonyl (C=O) groups excluding carboxylic acids is 3. The molecule has 0 saturated carbocycles. The van der Waals surface area contributed by atoms with Crippen molar-refractivity contribution in [1.82, 2.24) is 5.32 Å². The molecule has 2 rings (SSSR count). The number of anilines is 1. The zero-order chi connectivity index (χ0) is 13.3. The van der Waals surface area contributed by atoms with Gasteiger partial charge in [-0.15, -0.1) is 0 Å². The number of hydrogen-bond donors (Lipinski definition) is 2. The summed E-state index contributed by atoms with van der Waals surface area (Å²) in [4.78, 5) is 35.4. The number of benzene rings is 1. The van der Waals surface area contributed by atoms with E-state index in [1.54, 1.807) is 24.3 Å². The molecule has 0 bridgehead atoms. The molecule has 1 aliphatic rings. The second kappa shape index (κ2) is 4.66. The van der Waals surface area contributed by atoms with Crippen LogP contribution in [0.2, 0.25) is 5.02 Å². The molecule has 0 radical (unpaired) electrons. The predicted octanol–water partition coefficient (Wildman–Crippen LogP) is 0.498. The largest absolute Gasteiger partial charge is 0.369 e. The Kier molecular flexibility index (Phi) is 3.20. The van der Waals surface area contributed by atoms with Crippen LogP contribution >= 0.6 is 11.6 Å². The summed E-state index contributed by atoms with van der Waals surface area (Å²) in [5.74, 6) is -2.48. The molecule has 1 aliphatic heterocycles. The van der Waals surface area contributed by atoms with E-state index in [2.05, 4.69) is 5.32 Å². The van der Waals surface area contributed by atoms with Crippen molar-refractivity contribution in [2.75, 3.05) is 11.4 Å². The number of carbonyl (C=O) groups is 3. The molecule has 7 heteroatoms. The first-order chi connectivity index (χ1) is 8.49. The third kappa shape index (κ3) is 2.28. The molecule has 1 atom stereocenters. The van der Waals surface area contributed by atoms with Gasteiger partial charge < -0.3 is 5.73 Å². The van der Waals surface area contributed by atoms with Crippen molar-refractivity contribution < 1.29 is 14.4 Å². The molecule has 1 aromatic rings. The van der Waals surface area contributed by atoms with E-state index in [9.17, 15) is 14.4 Å². The average molecular weight is 268 g/mol. The molecule has 3 N–H and O–H groups in total. The first kappa shape index (κ1) is 12.4. The topological polar surface area (TPSA) is 92.5 Å². The van der Waals surface area contributed by atoms with Crippen molar-refractivity contribution in [1.29, 1.82) is 0 Å². The smallest absolute Gasteiger partial charge is 0.328 e. The van der Waals surface area contributed by atoms with Gasteiger partial charge in [-0.25, -0.2) is 4.79 Å². The van der Waals surface area contributed by atoms with Crippen molar-refractivity contribution in [3.8, 4) is 0 Å². The summed E-state index contributed by atoms with van der Waals surface area (Å²) in [7, 11) is 0. The summed E-state index contributed by atoms with van der Waals surface area (Å²) in [6.45, 7) is -0.0678. The van der Waals surface area contributed by atoms with Crippen LogP contribution in [0.5, 0.6) is 0 Å². The quantitative estimate of drug-likeness (QED) is 0.764. The molecule has 1 aromatic carbocycles. The number of amides is 4. The van der Waals surface area contributed by atoms with Gasteiger partial charge >= 0.3 is 6.03 Å². The van der Waals surface area contributed by atoms with Crippen LogP contribution in [-0.2, 0) is 9.59 Å². The van der Waals surface area contributed by atoms with Crippen LogP contribution in [-0.4, -0.2) is 24.4 Å². The number of nitrogens with zero attached hydrogens (tertiary/aromatic N) is 1. The summed E-state index contributed by atoms with van der Waals surface area (Å²) in [6, 6.07) is 5.88. The van der Waals surface area contributed by atoms with Gasteiger partial charge in [-0.1, -0.05) is 11.6 Å². The van der Waals surface area contributed by atoms with Crippen LogP contribution in [0.1, 0.15) is 0 Å². The molecule has 94 valence electrons. The average Bonchev–Trinajstić information content (AvgIpc) is 2.30. The standard InChI is InChI=1S/C11H10ClN3O3/c12-6-1-3-7(4-2-6)15-5-8(9(13)16)10(17)14-11(15)18/h1-4,8H,5H2,(H2,13,16)(H,14,17,18). The Morgan fingerprint density at radius 1 is 1.33 bits per heavy atom.